The number of hydrogen-bond donors (Lipinski definition) is 2. The number of amides is 1. The third-order valence-corrected chi connectivity index (χ3v) is 4.91. The molecule has 1 amide bonds. The number of aliphatic hydroxyl groups excluding tert-OH is 1. The maximum Gasteiger partial charge on any atom is 0.272 e. The largest absolute Gasteiger partial charge is 0.394 e. The van der Waals surface area contributed by atoms with Gasteiger partial charge >= 0.3 is 0 Å². The number of carbonyl (C=O) groups is 1. The number of aromatic nitrogens is 2. The van der Waals surface area contributed by atoms with Crippen LogP contribution in [0.4, 0.5) is 8.78 Å². The van der Waals surface area contributed by atoms with E-state index in [1.165, 1.54) is 6.07 Å². The van der Waals surface area contributed by atoms with Crippen molar-refractivity contribution >= 4 is 5.91 Å². The number of hydrogen-bond acceptors (Lipinski definition) is 4. The molecule has 0 saturated carbocycles. The van der Waals surface area contributed by atoms with E-state index in [1.807, 2.05) is 25.3 Å². The van der Waals surface area contributed by atoms with Gasteiger partial charge in [-0.2, -0.15) is 0 Å². The van der Waals surface area contributed by atoms with Gasteiger partial charge in [0.1, 0.15) is 5.82 Å². The van der Waals surface area contributed by atoms with Gasteiger partial charge in [0.25, 0.3) is 5.91 Å². The predicted molar refractivity (Wildman–Crippen MR) is 99.6 cm³/mol. The predicted octanol–water partition coefficient (Wildman–Crippen LogP) is 2.89. The number of imidazole rings is 1. The van der Waals surface area contributed by atoms with Gasteiger partial charge in [0, 0.05) is 18.7 Å². The van der Waals surface area contributed by atoms with Gasteiger partial charge in [0.2, 0.25) is 0 Å². The van der Waals surface area contributed by atoms with Crippen LogP contribution in [0, 0.1) is 17.0 Å². The Balaban J connectivity index is 2.03. The Hall–Kier alpha value is -2.32. The molecule has 1 aromatic carbocycles. The molecule has 0 radical (unpaired) electrons. The Labute approximate surface area is 162 Å². The molecule has 0 aliphatic carbocycles. The molecule has 6 nitrogen and oxygen atoms in total. The fourth-order valence-corrected chi connectivity index (χ4v) is 3.17. The standard InChI is InChI=1S/C20H25F2N3O3/c1-20(2,3)16(10-26)23-19(27)17-15-11-28-8-4-7-25(15)18(24-17)12-5-6-13(21)14(22)9-12/h5-6,9,16,26H,4,7-8,10-11H2,1-3H3,(H,23,27)/t16-/m1/s1. The number of ether oxygens (including phenoxy) is 1. The molecular formula is C20H25F2N3O3. The SMILES string of the molecule is CC(C)(C)[C@@H](CO)NC(=O)c1nc(-c2ccc(F)c(F)c2)n2c1COCCC2. The summed E-state index contributed by atoms with van der Waals surface area (Å²) in [6, 6.07) is 3.09. The molecule has 0 fully saturated rings. The van der Waals surface area contributed by atoms with Crippen LogP contribution in [0.3, 0.4) is 0 Å². The van der Waals surface area contributed by atoms with Crippen molar-refractivity contribution in [3.05, 3.63) is 41.2 Å². The first kappa shape index (κ1) is 20.4. The van der Waals surface area contributed by atoms with E-state index in [2.05, 4.69) is 10.3 Å². The van der Waals surface area contributed by atoms with E-state index in [-0.39, 0.29) is 24.3 Å². The minimum atomic E-state index is -0.973. The number of halogens is 2. The van der Waals surface area contributed by atoms with Crippen LogP contribution in [-0.4, -0.2) is 39.8 Å². The minimum absolute atomic E-state index is 0.171. The molecule has 0 spiro atoms. The highest BCUT2D eigenvalue weighted by Gasteiger charge is 2.30. The second-order valence-electron chi connectivity index (χ2n) is 7.99. The Kier molecular flexibility index (Phi) is 5.81. The topological polar surface area (TPSA) is 76.4 Å². The number of fused-ring (bicyclic) bond motifs is 1. The number of carbonyl (C=O) groups excluding carboxylic acids is 1. The highest BCUT2D eigenvalue weighted by Crippen LogP contribution is 2.27. The van der Waals surface area contributed by atoms with Crippen LogP contribution in [-0.2, 0) is 17.9 Å². The summed E-state index contributed by atoms with van der Waals surface area (Å²) in [4.78, 5) is 17.4. The highest BCUT2D eigenvalue weighted by atomic mass is 19.2. The molecule has 1 atom stereocenters. The zero-order valence-electron chi connectivity index (χ0n) is 16.3. The van der Waals surface area contributed by atoms with E-state index in [4.69, 9.17) is 4.74 Å². The summed E-state index contributed by atoms with van der Waals surface area (Å²) in [5, 5.41) is 12.5. The summed E-state index contributed by atoms with van der Waals surface area (Å²) in [5.41, 5.74) is 0.792. The van der Waals surface area contributed by atoms with E-state index in [1.54, 1.807) is 0 Å². The van der Waals surface area contributed by atoms with Crippen molar-refractivity contribution < 1.29 is 23.4 Å². The van der Waals surface area contributed by atoms with Gasteiger partial charge in [0.05, 0.1) is 24.9 Å². The number of aliphatic hydroxyl groups is 1. The number of rotatable bonds is 4. The van der Waals surface area contributed by atoms with Crippen molar-refractivity contribution in [3.63, 3.8) is 0 Å². The average Bonchev–Trinajstić information content (AvgIpc) is 2.82. The molecule has 0 bridgehead atoms. The lowest BCUT2D eigenvalue weighted by Gasteiger charge is -2.29. The van der Waals surface area contributed by atoms with Crippen LogP contribution < -0.4 is 5.32 Å². The van der Waals surface area contributed by atoms with Crippen molar-refractivity contribution in [1.29, 1.82) is 0 Å². The summed E-state index contributed by atoms with van der Waals surface area (Å²) < 4.78 is 34.5. The van der Waals surface area contributed by atoms with Crippen molar-refractivity contribution in [3.8, 4) is 11.4 Å². The Morgan fingerprint density at radius 2 is 2.11 bits per heavy atom. The maximum atomic E-state index is 13.7. The smallest absolute Gasteiger partial charge is 0.272 e. The van der Waals surface area contributed by atoms with Gasteiger partial charge in [-0.1, -0.05) is 20.8 Å². The number of nitrogens with one attached hydrogen (secondary N) is 1. The van der Waals surface area contributed by atoms with Gasteiger partial charge in [0.15, 0.2) is 17.3 Å². The van der Waals surface area contributed by atoms with Crippen LogP contribution in [0.2, 0.25) is 0 Å². The van der Waals surface area contributed by atoms with E-state index in [0.29, 0.717) is 36.7 Å². The Morgan fingerprint density at radius 1 is 1.36 bits per heavy atom. The monoisotopic (exact) mass is 393 g/mol. The molecule has 1 aliphatic rings. The summed E-state index contributed by atoms with van der Waals surface area (Å²) in [7, 11) is 0. The fraction of sp³-hybridized carbons (Fsp3) is 0.500. The summed E-state index contributed by atoms with van der Waals surface area (Å²) in [6.07, 6.45) is 0.711. The maximum absolute atomic E-state index is 13.7. The molecule has 0 saturated heterocycles. The summed E-state index contributed by atoms with van der Waals surface area (Å²) in [6.45, 7) is 6.80. The third kappa shape index (κ3) is 4.07. The number of benzene rings is 1. The van der Waals surface area contributed by atoms with Crippen molar-refractivity contribution in [1.82, 2.24) is 14.9 Å². The molecular weight excluding hydrogens is 368 g/mol. The molecule has 3 rings (SSSR count). The lowest BCUT2D eigenvalue weighted by atomic mass is 9.87. The van der Waals surface area contributed by atoms with Gasteiger partial charge in [-0.25, -0.2) is 13.8 Å². The summed E-state index contributed by atoms with van der Waals surface area (Å²) in [5.74, 6) is -1.96. The fourth-order valence-electron chi connectivity index (χ4n) is 3.17. The van der Waals surface area contributed by atoms with E-state index in [9.17, 15) is 18.7 Å². The van der Waals surface area contributed by atoms with Crippen LogP contribution in [0.15, 0.2) is 18.2 Å². The molecule has 152 valence electrons. The van der Waals surface area contributed by atoms with E-state index >= 15 is 0 Å². The van der Waals surface area contributed by atoms with Gasteiger partial charge in [-0.15, -0.1) is 0 Å². The van der Waals surface area contributed by atoms with E-state index in [0.717, 1.165) is 12.1 Å². The molecule has 1 aromatic heterocycles. The zero-order chi connectivity index (χ0) is 20.5. The van der Waals surface area contributed by atoms with Crippen molar-refractivity contribution in [2.24, 2.45) is 5.41 Å². The van der Waals surface area contributed by atoms with Crippen LogP contribution in [0.25, 0.3) is 11.4 Å². The molecule has 2 heterocycles. The Bertz CT molecular complexity index is 874. The minimum Gasteiger partial charge on any atom is -0.394 e. The summed E-state index contributed by atoms with van der Waals surface area (Å²) >= 11 is 0. The lowest BCUT2D eigenvalue weighted by molar-refractivity contribution is 0.0834. The zero-order valence-corrected chi connectivity index (χ0v) is 16.3. The van der Waals surface area contributed by atoms with Crippen LogP contribution >= 0.6 is 0 Å². The van der Waals surface area contributed by atoms with Gasteiger partial charge < -0.3 is 19.7 Å². The quantitative estimate of drug-likeness (QED) is 0.838. The first-order valence-corrected chi connectivity index (χ1v) is 9.26. The molecule has 0 unspecified atom stereocenters. The van der Waals surface area contributed by atoms with E-state index < -0.39 is 23.6 Å². The molecule has 2 aromatic rings. The average molecular weight is 393 g/mol. The lowest BCUT2D eigenvalue weighted by Crippen LogP contribution is -2.46. The molecule has 1 aliphatic heterocycles. The van der Waals surface area contributed by atoms with Gasteiger partial charge in [-0.3, -0.25) is 4.79 Å². The molecule has 8 heteroatoms. The Morgan fingerprint density at radius 3 is 2.75 bits per heavy atom. The number of nitrogens with zero attached hydrogens (tertiary/aromatic N) is 2. The normalized spacial score (nSPS) is 15.6. The van der Waals surface area contributed by atoms with Crippen LogP contribution in [0.5, 0.6) is 0 Å². The second-order valence-corrected chi connectivity index (χ2v) is 7.99. The van der Waals surface area contributed by atoms with Gasteiger partial charge in [-0.05, 0) is 30.0 Å². The van der Waals surface area contributed by atoms with Crippen LogP contribution in [0.1, 0.15) is 43.4 Å². The van der Waals surface area contributed by atoms with Crippen molar-refractivity contribution in [2.75, 3.05) is 13.2 Å². The van der Waals surface area contributed by atoms with Crippen molar-refractivity contribution in [2.45, 2.75) is 46.4 Å². The third-order valence-electron chi connectivity index (χ3n) is 4.91. The molecule has 2 N–H and O–H groups in total. The highest BCUT2D eigenvalue weighted by molar-refractivity contribution is 5.94. The first-order valence-electron chi connectivity index (χ1n) is 9.26. The molecule has 28 heavy (non-hydrogen) atoms. The first-order chi connectivity index (χ1) is 13.2. The second kappa shape index (κ2) is 7.97.